The molecule has 2 aromatic heterocycles. The summed E-state index contributed by atoms with van der Waals surface area (Å²) in [4.78, 5) is 16.3. The van der Waals surface area contributed by atoms with Gasteiger partial charge >= 0.3 is 0 Å². The van der Waals surface area contributed by atoms with Gasteiger partial charge in [-0.1, -0.05) is 139 Å². The minimum absolute atomic E-state index is 0.363. The Morgan fingerprint density at radius 2 is 0.678 bits per heavy atom. The molecule has 0 aliphatic heterocycles. The number of benzene rings is 7. The molecular weight excluding hydrogens is 723 g/mol. The van der Waals surface area contributed by atoms with E-state index < -0.39 is 0 Å². The lowest BCUT2D eigenvalue weighted by atomic mass is 9.94. The summed E-state index contributed by atoms with van der Waals surface area (Å²) in [6.07, 6.45) is 3.53. The summed E-state index contributed by atoms with van der Waals surface area (Å²) in [6.45, 7) is 13.1. The van der Waals surface area contributed by atoms with Crippen LogP contribution in [0.3, 0.4) is 0 Å². The van der Waals surface area contributed by atoms with Crippen molar-refractivity contribution in [1.29, 1.82) is 0 Å². The van der Waals surface area contributed by atoms with E-state index in [4.69, 9.17) is 20.2 Å². The lowest BCUT2D eigenvalue weighted by Crippen LogP contribution is -2.09. The highest BCUT2D eigenvalue weighted by Crippen LogP contribution is 2.43. The summed E-state index contributed by atoms with van der Waals surface area (Å²) in [5.41, 5.74) is 13.5. The first-order valence-corrected chi connectivity index (χ1v) is 20.7. The molecule has 0 bridgehead atoms. The Kier molecular flexibility index (Phi) is 12.8. The molecule has 0 radical (unpaired) electrons. The summed E-state index contributed by atoms with van der Waals surface area (Å²) < 4.78 is 0. The van der Waals surface area contributed by atoms with E-state index in [1.807, 2.05) is 56.8 Å². The molecule has 0 atom stereocenters. The van der Waals surface area contributed by atoms with E-state index in [2.05, 4.69) is 169 Å². The largest absolute Gasteiger partial charge is 0.311 e. The zero-order valence-corrected chi connectivity index (χ0v) is 34.7. The van der Waals surface area contributed by atoms with Gasteiger partial charge in [-0.15, -0.1) is 0 Å². The Morgan fingerprint density at radius 1 is 0.390 bits per heavy atom. The Balaban J connectivity index is 0.00000128. The van der Waals surface area contributed by atoms with Crippen LogP contribution in [-0.4, -0.2) is 25.0 Å². The molecule has 0 saturated heterocycles. The van der Waals surface area contributed by atoms with E-state index in [0.29, 0.717) is 12.5 Å². The summed E-state index contributed by atoms with van der Waals surface area (Å²) in [5, 5.41) is 10.3. The average Bonchev–Trinajstić information content (AvgIpc) is 3.71. The number of rotatable bonds is 10. The summed E-state index contributed by atoms with van der Waals surface area (Å²) in [5.74, 6) is 0.363. The van der Waals surface area contributed by atoms with Crippen molar-refractivity contribution in [2.75, 3.05) is 9.80 Å². The highest BCUT2D eigenvalue weighted by Gasteiger charge is 2.24. The van der Waals surface area contributed by atoms with Crippen LogP contribution >= 0.6 is 0 Å². The lowest BCUT2D eigenvalue weighted by molar-refractivity contribution is 0.442. The third kappa shape index (κ3) is 8.46. The zero-order valence-electron chi connectivity index (χ0n) is 34.7. The fraction of sp³-hybridized carbons (Fsp3) is 0.154. The van der Waals surface area contributed by atoms with Gasteiger partial charge in [-0.3, -0.25) is 9.97 Å². The monoisotopic (exact) mass is 773 g/mol. The second-order valence-electron chi connectivity index (χ2n) is 14.0. The van der Waals surface area contributed by atoms with Crippen LogP contribution in [0, 0.1) is 5.92 Å². The molecule has 0 spiro atoms. The van der Waals surface area contributed by atoms with Crippen LogP contribution < -0.4 is 9.80 Å². The van der Waals surface area contributed by atoms with Gasteiger partial charge in [0.15, 0.2) is 0 Å². The molecule has 9 aromatic rings. The van der Waals surface area contributed by atoms with Gasteiger partial charge in [-0.25, -0.2) is 0 Å². The fourth-order valence-electron chi connectivity index (χ4n) is 7.33. The molecular formula is C52H51N7. The number of hydrogen-bond donors (Lipinski definition) is 0. The van der Waals surface area contributed by atoms with Crippen molar-refractivity contribution in [3.63, 3.8) is 0 Å². The SMILES string of the molecule is CC.CC.CC(C)Cn1nc2c(-c3ccc(N(c4ccccc4)c4ccccc4)cc3)c3nccnc3c(-c3ccc(N(c4ccccc4)c4ccccc4)cc3)c2n1. The molecule has 59 heavy (non-hydrogen) atoms. The van der Waals surface area contributed by atoms with Crippen LogP contribution in [0.4, 0.5) is 34.1 Å². The Bertz CT molecular complexity index is 2420. The number of anilines is 6. The second kappa shape index (κ2) is 18.9. The third-order valence-electron chi connectivity index (χ3n) is 9.71. The standard InChI is InChI=1S/C48H39N7.2C2H6/c1-34(2)33-53-51-47-43(35-23-27-41(28-24-35)54(37-15-7-3-8-16-37)38-17-9-4-10-18-38)45-46(50-32-31-49-45)44(48(47)52-53)36-25-29-42(30-26-36)55(39-19-11-5-12-20-39)40-21-13-6-14-22-40;2*1-2/h3-32,34H,33H2,1-2H3;2*1-2H3. The van der Waals surface area contributed by atoms with Crippen LogP contribution in [0.15, 0.2) is 182 Å². The third-order valence-corrected chi connectivity index (χ3v) is 9.71. The van der Waals surface area contributed by atoms with E-state index in [1.165, 1.54) is 0 Å². The van der Waals surface area contributed by atoms with E-state index >= 15 is 0 Å². The molecule has 7 nitrogen and oxygen atoms in total. The first-order chi connectivity index (χ1) is 29.1. The van der Waals surface area contributed by atoms with Gasteiger partial charge in [-0.2, -0.15) is 15.0 Å². The molecule has 294 valence electrons. The minimum Gasteiger partial charge on any atom is -0.311 e. The van der Waals surface area contributed by atoms with Crippen molar-refractivity contribution in [1.82, 2.24) is 25.0 Å². The van der Waals surface area contributed by atoms with Crippen molar-refractivity contribution in [2.24, 2.45) is 5.92 Å². The van der Waals surface area contributed by atoms with E-state index in [1.54, 1.807) is 12.4 Å². The molecule has 2 heterocycles. The maximum atomic E-state index is 5.16. The second-order valence-corrected chi connectivity index (χ2v) is 14.0. The summed E-state index contributed by atoms with van der Waals surface area (Å²) >= 11 is 0. The van der Waals surface area contributed by atoms with Crippen molar-refractivity contribution in [2.45, 2.75) is 48.1 Å². The van der Waals surface area contributed by atoms with Crippen molar-refractivity contribution < 1.29 is 0 Å². The lowest BCUT2D eigenvalue weighted by Gasteiger charge is -2.25. The summed E-state index contributed by atoms with van der Waals surface area (Å²) in [7, 11) is 0. The molecule has 0 N–H and O–H groups in total. The van der Waals surface area contributed by atoms with Gasteiger partial charge in [0.1, 0.15) is 11.0 Å². The van der Waals surface area contributed by atoms with Gasteiger partial charge in [-0.05, 0) is 89.8 Å². The smallest absolute Gasteiger partial charge is 0.124 e. The molecule has 0 unspecified atom stereocenters. The van der Waals surface area contributed by atoms with E-state index in [-0.39, 0.29) is 0 Å². The molecule has 7 heteroatoms. The quantitative estimate of drug-likeness (QED) is 0.138. The number of nitrogens with zero attached hydrogens (tertiary/aromatic N) is 7. The first kappa shape index (κ1) is 40.1. The van der Waals surface area contributed by atoms with Crippen LogP contribution in [0.2, 0.25) is 0 Å². The number of para-hydroxylation sites is 4. The number of fused-ring (bicyclic) bond motifs is 2. The topological polar surface area (TPSA) is 63.0 Å². The van der Waals surface area contributed by atoms with Gasteiger partial charge < -0.3 is 9.80 Å². The Morgan fingerprint density at radius 3 is 0.966 bits per heavy atom. The van der Waals surface area contributed by atoms with Crippen molar-refractivity contribution >= 4 is 56.2 Å². The molecule has 0 saturated carbocycles. The molecule has 0 fully saturated rings. The Labute approximate surface area is 348 Å². The molecule has 0 amide bonds. The van der Waals surface area contributed by atoms with Crippen LogP contribution in [0.1, 0.15) is 41.5 Å². The first-order valence-electron chi connectivity index (χ1n) is 20.7. The zero-order chi connectivity index (χ0) is 41.1. The van der Waals surface area contributed by atoms with Crippen molar-refractivity contribution in [3.05, 3.63) is 182 Å². The van der Waals surface area contributed by atoms with E-state index in [9.17, 15) is 0 Å². The highest BCUT2D eigenvalue weighted by atomic mass is 15.5. The normalized spacial score (nSPS) is 10.8. The average molecular weight is 774 g/mol. The van der Waals surface area contributed by atoms with Gasteiger partial charge in [0, 0.05) is 57.6 Å². The van der Waals surface area contributed by atoms with Crippen molar-refractivity contribution in [3.8, 4) is 22.3 Å². The van der Waals surface area contributed by atoms with Crippen LogP contribution in [-0.2, 0) is 6.54 Å². The van der Waals surface area contributed by atoms with Crippen LogP contribution in [0.25, 0.3) is 44.3 Å². The van der Waals surface area contributed by atoms with Gasteiger partial charge in [0.2, 0.25) is 0 Å². The predicted molar refractivity (Wildman–Crippen MR) is 248 cm³/mol. The number of aromatic nitrogens is 5. The maximum absolute atomic E-state index is 5.16. The number of hydrogen-bond acceptors (Lipinski definition) is 6. The summed E-state index contributed by atoms with van der Waals surface area (Å²) in [6, 6.07) is 59.1. The highest BCUT2D eigenvalue weighted by molar-refractivity contribution is 6.16. The molecule has 0 aliphatic carbocycles. The van der Waals surface area contributed by atoms with Crippen LogP contribution in [0.5, 0.6) is 0 Å². The fourth-order valence-corrected chi connectivity index (χ4v) is 7.33. The predicted octanol–water partition coefficient (Wildman–Crippen LogP) is 14.4. The Hall–Kier alpha value is -7.12. The van der Waals surface area contributed by atoms with Gasteiger partial charge in [0.25, 0.3) is 0 Å². The molecule has 7 aromatic carbocycles. The molecule has 9 rings (SSSR count). The maximum Gasteiger partial charge on any atom is 0.124 e. The molecule has 0 aliphatic rings. The van der Waals surface area contributed by atoms with E-state index in [0.717, 1.165) is 78.4 Å². The van der Waals surface area contributed by atoms with Gasteiger partial charge in [0.05, 0.1) is 17.6 Å². The minimum atomic E-state index is 0.363.